The molecule has 3 nitrogen and oxygen atoms in total. The topological polar surface area (TPSA) is 50.1 Å². The molecule has 4 atom stereocenters. The van der Waals surface area contributed by atoms with E-state index in [1.165, 1.54) is 0 Å². The molecule has 4 heteroatoms. The van der Waals surface area contributed by atoms with Gasteiger partial charge in [-0.1, -0.05) is 20.8 Å². The smallest absolute Gasteiger partial charge is 0.0668 e. The predicted molar refractivity (Wildman–Crippen MR) is 79.2 cm³/mol. The van der Waals surface area contributed by atoms with Crippen molar-refractivity contribution >= 4 is 10.8 Å². The van der Waals surface area contributed by atoms with Gasteiger partial charge in [-0.25, -0.2) is 0 Å². The second kappa shape index (κ2) is 7.40. The second-order valence-corrected chi connectivity index (χ2v) is 8.36. The third-order valence-corrected chi connectivity index (χ3v) is 6.10. The minimum absolute atomic E-state index is 0.0259. The van der Waals surface area contributed by atoms with Gasteiger partial charge in [-0.2, -0.15) is 5.26 Å². The Bertz CT molecular complexity index is 343. The minimum Gasteiger partial charge on any atom is -0.385 e. The van der Waals surface area contributed by atoms with Crippen LogP contribution in [0.1, 0.15) is 46.5 Å². The maximum absolute atomic E-state index is 12.4. The zero-order valence-corrected chi connectivity index (χ0v) is 13.5. The van der Waals surface area contributed by atoms with Crippen molar-refractivity contribution in [2.24, 2.45) is 17.3 Å². The Kier molecular flexibility index (Phi) is 6.49. The molecular weight excluding hydrogens is 258 g/mol. The standard InChI is InChI=1S/C15H27NO2S/c1-15(2,3)13-7-6-12(11-16)14(10-13)19(17)9-5-8-18-4/h12-14H,5-10H2,1-4H3. The Morgan fingerprint density at radius 2 is 2.05 bits per heavy atom. The largest absolute Gasteiger partial charge is 0.385 e. The highest BCUT2D eigenvalue weighted by Gasteiger charge is 2.38. The van der Waals surface area contributed by atoms with Gasteiger partial charge in [-0.05, 0) is 37.0 Å². The maximum atomic E-state index is 12.4. The van der Waals surface area contributed by atoms with Gasteiger partial charge in [-0.3, -0.25) is 4.21 Å². The quantitative estimate of drug-likeness (QED) is 0.729. The molecule has 0 aliphatic heterocycles. The molecule has 0 amide bonds. The average Bonchev–Trinajstić information content (AvgIpc) is 2.37. The summed E-state index contributed by atoms with van der Waals surface area (Å²) in [6.07, 6.45) is 3.74. The van der Waals surface area contributed by atoms with Crippen molar-refractivity contribution in [1.82, 2.24) is 0 Å². The van der Waals surface area contributed by atoms with Crippen LogP contribution in [0.5, 0.6) is 0 Å². The van der Waals surface area contributed by atoms with Gasteiger partial charge < -0.3 is 4.74 Å². The van der Waals surface area contributed by atoms with Crippen LogP contribution in [0.3, 0.4) is 0 Å². The van der Waals surface area contributed by atoms with Crippen molar-refractivity contribution < 1.29 is 8.95 Å². The summed E-state index contributed by atoms with van der Waals surface area (Å²) < 4.78 is 17.4. The predicted octanol–water partition coefficient (Wildman–Crippen LogP) is 3.13. The van der Waals surface area contributed by atoms with Gasteiger partial charge in [-0.15, -0.1) is 0 Å². The molecule has 1 aliphatic carbocycles. The summed E-state index contributed by atoms with van der Waals surface area (Å²) in [5.74, 6) is 1.21. The second-order valence-electron chi connectivity index (χ2n) is 6.58. The van der Waals surface area contributed by atoms with E-state index < -0.39 is 10.8 Å². The van der Waals surface area contributed by atoms with Crippen LogP contribution in [0.2, 0.25) is 0 Å². The summed E-state index contributed by atoms with van der Waals surface area (Å²) >= 11 is 0. The molecule has 19 heavy (non-hydrogen) atoms. The first-order chi connectivity index (χ1) is 8.90. The van der Waals surface area contributed by atoms with E-state index in [1.54, 1.807) is 7.11 Å². The zero-order valence-electron chi connectivity index (χ0n) is 12.6. The van der Waals surface area contributed by atoms with E-state index in [4.69, 9.17) is 4.74 Å². The first-order valence-electron chi connectivity index (χ1n) is 7.16. The highest BCUT2D eigenvalue weighted by Crippen LogP contribution is 2.41. The Balaban J connectivity index is 2.65. The summed E-state index contributed by atoms with van der Waals surface area (Å²) in [7, 11) is 0.768. The van der Waals surface area contributed by atoms with Gasteiger partial charge in [0.2, 0.25) is 0 Å². The van der Waals surface area contributed by atoms with E-state index in [2.05, 4.69) is 26.8 Å². The Labute approximate surface area is 120 Å². The monoisotopic (exact) mass is 285 g/mol. The Morgan fingerprint density at radius 3 is 2.58 bits per heavy atom. The molecule has 0 N–H and O–H groups in total. The number of nitrogens with zero attached hydrogens (tertiary/aromatic N) is 1. The molecular formula is C15H27NO2S. The fourth-order valence-corrected chi connectivity index (χ4v) is 4.57. The van der Waals surface area contributed by atoms with Crippen LogP contribution in [0.25, 0.3) is 0 Å². The summed E-state index contributed by atoms with van der Waals surface area (Å²) in [4.78, 5) is 0. The average molecular weight is 285 g/mol. The lowest BCUT2D eigenvalue weighted by Gasteiger charge is -2.39. The van der Waals surface area contributed by atoms with Crippen LogP contribution in [-0.4, -0.2) is 28.9 Å². The zero-order chi connectivity index (χ0) is 14.5. The number of hydrogen-bond acceptors (Lipinski definition) is 3. The van der Waals surface area contributed by atoms with Crippen molar-refractivity contribution in [2.75, 3.05) is 19.5 Å². The van der Waals surface area contributed by atoms with Gasteiger partial charge in [0, 0.05) is 30.3 Å². The molecule has 4 unspecified atom stereocenters. The molecule has 110 valence electrons. The molecule has 0 aromatic rings. The number of hydrogen-bond donors (Lipinski definition) is 0. The number of rotatable bonds is 5. The minimum atomic E-state index is -0.896. The third-order valence-electron chi connectivity index (χ3n) is 4.21. The van der Waals surface area contributed by atoms with Crippen LogP contribution < -0.4 is 0 Å². The van der Waals surface area contributed by atoms with Crippen LogP contribution in [0.15, 0.2) is 0 Å². The van der Waals surface area contributed by atoms with E-state index in [0.29, 0.717) is 18.3 Å². The van der Waals surface area contributed by atoms with Crippen LogP contribution >= 0.6 is 0 Å². The Morgan fingerprint density at radius 1 is 1.37 bits per heavy atom. The molecule has 1 saturated carbocycles. The van der Waals surface area contributed by atoms with E-state index in [0.717, 1.165) is 25.7 Å². The molecule has 0 aromatic heterocycles. The molecule has 1 fully saturated rings. The molecule has 0 bridgehead atoms. The van der Waals surface area contributed by atoms with E-state index in [-0.39, 0.29) is 16.6 Å². The van der Waals surface area contributed by atoms with Gasteiger partial charge in [0.05, 0.1) is 17.2 Å². The number of ether oxygens (including phenoxy) is 1. The fourth-order valence-electron chi connectivity index (χ4n) is 2.85. The third kappa shape index (κ3) is 4.89. The highest BCUT2D eigenvalue weighted by molar-refractivity contribution is 7.85. The summed E-state index contributed by atoms with van der Waals surface area (Å²) in [6, 6.07) is 2.37. The van der Waals surface area contributed by atoms with E-state index in [9.17, 15) is 9.47 Å². The first kappa shape index (κ1) is 16.7. The first-order valence-corrected chi connectivity index (χ1v) is 8.54. The Hall–Kier alpha value is -0.400. The molecule has 0 saturated heterocycles. The van der Waals surface area contributed by atoms with Gasteiger partial charge in [0.1, 0.15) is 0 Å². The summed E-state index contributed by atoms with van der Waals surface area (Å²) in [5, 5.41) is 9.32. The highest BCUT2D eigenvalue weighted by atomic mass is 32.2. The van der Waals surface area contributed by atoms with Crippen LogP contribution in [-0.2, 0) is 15.5 Å². The molecule has 0 aromatic carbocycles. The number of methoxy groups -OCH3 is 1. The maximum Gasteiger partial charge on any atom is 0.0668 e. The van der Waals surface area contributed by atoms with E-state index >= 15 is 0 Å². The van der Waals surface area contributed by atoms with Crippen LogP contribution in [0.4, 0.5) is 0 Å². The molecule has 1 rings (SSSR count). The van der Waals surface area contributed by atoms with Crippen molar-refractivity contribution in [3.8, 4) is 6.07 Å². The molecule has 0 heterocycles. The normalized spacial score (nSPS) is 29.7. The lowest BCUT2D eigenvalue weighted by atomic mass is 9.70. The van der Waals surface area contributed by atoms with Crippen LogP contribution in [0, 0.1) is 28.6 Å². The molecule has 0 radical (unpaired) electrons. The summed E-state index contributed by atoms with van der Waals surface area (Å²) in [6.45, 7) is 7.39. The fraction of sp³-hybridized carbons (Fsp3) is 0.933. The SMILES string of the molecule is COCCCS(=O)C1CC(C(C)(C)C)CCC1C#N. The molecule has 0 spiro atoms. The molecule has 1 aliphatic rings. The van der Waals surface area contributed by atoms with Gasteiger partial charge in [0.25, 0.3) is 0 Å². The van der Waals surface area contributed by atoms with Crippen molar-refractivity contribution in [3.63, 3.8) is 0 Å². The van der Waals surface area contributed by atoms with Crippen molar-refractivity contribution in [2.45, 2.75) is 51.7 Å². The van der Waals surface area contributed by atoms with E-state index in [1.807, 2.05) is 0 Å². The van der Waals surface area contributed by atoms with Crippen molar-refractivity contribution in [3.05, 3.63) is 0 Å². The summed E-state index contributed by atoms with van der Waals surface area (Å²) in [5.41, 5.74) is 0.245. The van der Waals surface area contributed by atoms with Gasteiger partial charge >= 0.3 is 0 Å². The lowest BCUT2D eigenvalue weighted by molar-refractivity contribution is 0.167. The van der Waals surface area contributed by atoms with Gasteiger partial charge in [0.15, 0.2) is 0 Å². The lowest BCUT2D eigenvalue weighted by Crippen LogP contribution is -2.37. The number of nitriles is 1. The van der Waals surface area contributed by atoms with Crippen molar-refractivity contribution in [1.29, 1.82) is 5.26 Å².